The molecular weight excluding hydrogens is 323 g/mol. The second-order valence-corrected chi connectivity index (χ2v) is 6.70. The minimum atomic E-state index is -4.78. The Bertz CT molecular complexity index is 435. The monoisotopic (exact) mass is 336 g/mol. The summed E-state index contributed by atoms with van der Waals surface area (Å²) in [6, 6.07) is 0. The van der Waals surface area contributed by atoms with Gasteiger partial charge in [-0.1, -0.05) is 19.4 Å². The van der Waals surface area contributed by atoms with Gasteiger partial charge in [0, 0.05) is 0 Å². The van der Waals surface area contributed by atoms with Crippen LogP contribution in [0.2, 0.25) is 0 Å². The molecule has 0 fully saturated rings. The van der Waals surface area contributed by atoms with Crippen LogP contribution in [0.4, 0.5) is 17.6 Å². The Hall–Kier alpha value is -0.330. The van der Waals surface area contributed by atoms with Gasteiger partial charge >= 0.3 is 10.8 Å². The Labute approximate surface area is 123 Å². The molecule has 8 heteroatoms. The molecule has 0 aromatic carbocycles. The van der Waals surface area contributed by atoms with Crippen LogP contribution in [0.3, 0.4) is 0 Å². The Kier molecular flexibility index (Phi) is 4.30. The van der Waals surface area contributed by atoms with Gasteiger partial charge in [0.15, 0.2) is 5.78 Å². The van der Waals surface area contributed by atoms with E-state index in [1.54, 1.807) is 6.92 Å². The predicted molar refractivity (Wildman–Crippen MR) is 67.2 cm³/mol. The highest BCUT2D eigenvalue weighted by molar-refractivity contribution is 6.27. The summed E-state index contributed by atoms with van der Waals surface area (Å²) in [6.45, 7) is 4.21. The number of hydrogen-bond acceptors (Lipinski definition) is 2. The first-order valence-electron chi connectivity index (χ1n) is 5.71. The highest BCUT2D eigenvalue weighted by atomic mass is 35.5. The predicted octanol–water partition coefficient (Wildman–Crippen LogP) is 3.94. The van der Waals surface area contributed by atoms with Gasteiger partial charge in [-0.25, -0.2) is 0 Å². The van der Waals surface area contributed by atoms with Crippen molar-refractivity contribution in [3.05, 3.63) is 11.6 Å². The summed E-state index contributed by atoms with van der Waals surface area (Å²) < 4.78 is 53.8. The number of halogens is 6. The van der Waals surface area contributed by atoms with Crippen LogP contribution < -0.4 is 0 Å². The molecule has 0 aromatic rings. The molecule has 2 nitrogen and oxygen atoms in total. The second kappa shape index (κ2) is 4.85. The van der Waals surface area contributed by atoms with Crippen molar-refractivity contribution in [2.75, 3.05) is 0 Å². The fourth-order valence-electron chi connectivity index (χ4n) is 2.84. The zero-order valence-corrected chi connectivity index (χ0v) is 12.5. The maximum absolute atomic E-state index is 13.4. The third-order valence-corrected chi connectivity index (χ3v) is 4.05. The summed E-state index contributed by atoms with van der Waals surface area (Å²) in [4.78, 5) is 11.9. The second-order valence-electron chi connectivity index (χ2n) is 5.75. The van der Waals surface area contributed by atoms with Crippen molar-refractivity contribution < 1.29 is 27.5 Å². The standard InChI is InChI=1S/C12H14Cl2F4O2/c1-6-4-7(19)8(9(2,3)5-6)10(20,11(13,15)16)12(14,17)18/h4,8,20H,5H2,1-3H3/t8-/m1/s1. The number of ketones is 1. The van der Waals surface area contributed by atoms with Gasteiger partial charge in [0.2, 0.25) is 5.60 Å². The lowest BCUT2D eigenvalue weighted by molar-refractivity contribution is -0.255. The molecule has 20 heavy (non-hydrogen) atoms. The van der Waals surface area contributed by atoms with E-state index < -0.39 is 33.5 Å². The molecular formula is C12H14Cl2F4O2. The number of alkyl halides is 6. The SMILES string of the molecule is CC1=CC(=O)[C@@H](C(O)(C(F)(F)Cl)C(F)(F)Cl)C(C)(C)C1. The van der Waals surface area contributed by atoms with Gasteiger partial charge in [-0.15, -0.1) is 0 Å². The molecule has 0 radical (unpaired) electrons. The van der Waals surface area contributed by atoms with E-state index >= 15 is 0 Å². The van der Waals surface area contributed by atoms with E-state index in [2.05, 4.69) is 23.2 Å². The molecule has 0 aliphatic heterocycles. The van der Waals surface area contributed by atoms with E-state index in [0.29, 0.717) is 5.57 Å². The largest absolute Gasteiger partial charge is 0.376 e. The summed E-state index contributed by atoms with van der Waals surface area (Å²) in [5, 5.41) is 0.322. The molecule has 0 aromatic heterocycles. The van der Waals surface area contributed by atoms with Crippen molar-refractivity contribution in [2.24, 2.45) is 11.3 Å². The van der Waals surface area contributed by atoms with Crippen LogP contribution in [0, 0.1) is 11.3 Å². The number of aliphatic hydroxyl groups is 1. The molecule has 0 heterocycles. The van der Waals surface area contributed by atoms with Crippen LogP contribution in [0.1, 0.15) is 27.2 Å². The van der Waals surface area contributed by atoms with Gasteiger partial charge in [-0.2, -0.15) is 17.6 Å². The molecule has 0 amide bonds. The molecule has 1 N–H and O–H groups in total. The van der Waals surface area contributed by atoms with Crippen LogP contribution in [0.15, 0.2) is 11.6 Å². The number of rotatable bonds is 3. The minimum absolute atomic E-state index is 0.0751. The maximum atomic E-state index is 13.4. The molecule has 1 rings (SSSR count). The molecule has 116 valence electrons. The lowest BCUT2D eigenvalue weighted by Crippen LogP contribution is -2.66. The van der Waals surface area contributed by atoms with Gasteiger partial charge in [-0.05, 0) is 48.0 Å². The third kappa shape index (κ3) is 2.70. The van der Waals surface area contributed by atoms with Crippen molar-refractivity contribution in [3.63, 3.8) is 0 Å². The van der Waals surface area contributed by atoms with Gasteiger partial charge in [0.1, 0.15) is 0 Å². The van der Waals surface area contributed by atoms with E-state index in [-0.39, 0.29) is 6.42 Å². The highest BCUT2D eigenvalue weighted by Gasteiger charge is 2.74. The lowest BCUT2D eigenvalue weighted by Gasteiger charge is -2.48. The number of allylic oxidation sites excluding steroid dienone is 2. The molecule has 0 spiro atoms. The van der Waals surface area contributed by atoms with Crippen LogP contribution >= 0.6 is 23.2 Å². The average molecular weight is 337 g/mol. The van der Waals surface area contributed by atoms with Crippen LogP contribution in [-0.4, -0.2) is 27.3 Å². The zero-order chi connectivity index (χ0) is 16.1. The van der Waals surface area contributed by atoms with Crippen LogP contribution in [0.5, 0.6) is 0 Å². The van der Waals surface area contributed by atoms with Gasteiger partial charge in [0.05, 0.1) is 5.92 Å². The van der Waals surface area contributed by atoms with Crippen molar-refractivity contribution in [2.45, 2.75) is 43.6 Å². The Balaban J connectivity index is 3.54. The van der Waals surface area contributed by atoms with Crippen molar-refractivity contribution in [3.8, 4) is 0 Å². The quantitative estimate of drug-likeness (QED) is 0.626. The maximum Gasteiger partial charge on any atom is 0.358 e. The minimum Gasteiger partial charge on any atom is -0.376 e. The Morgan fingerprint density at radius 1 is 1.25 bits per heavy atom. The normalized spacial score (nSPS) is 24.6. The topological polar surface area (TPSA) is 37.3 Å². The Morgan fingerprint density at radius 2 is 1.65 bits per heavy atom. The van der Waals surface area contributed by atoms with Crippen molar-refractivity contribution in [1.29, 1.82) is 0 Å². The average Bonchev–Trinajstić information content (AvgIpc) is 2.09. The van der Waals surface area contributed by atoms with Crippen LogP contribution in [-0.2, 0) is 4.79 Å². The van der Waals surface area contributed by atoms with Crippen LogP contribution in [0.25, 0.3) is 0 Å². The summed E-state index contributed by atoms with van der Waals surface area (Å²) in [5.41, 5.74) is -5.02. The molecule has 0 saturated carbocycles. The summed E-state index contributed by atoms with van der Waals surface area (Å²) in [6.07, 6.45) is 1.03. The van der Waals surface area contributed by atoms with Crippen molar-refractivity contribution >= 4 is 29.0 Å². The fraction of sp³-hybridized carbons (Fsp3) is 0.750. The van der Waals surface area contributed by atoms with Gasteiger partial charge in [0.25, 0.3) is 0 Å². The van der Waals surface area contributed by atoms with E-state index in [0.717, 1.165) is 6.08 Å². The van der Waals surface area contributed by atoms with Crippen molar-refractivity contribution in [1.82, 2.24) is 0 Å². The molecule has 1 aliphatic rings. The molecule has 1 aliphatic carbocycles. The van der Waals surface area contributed by atoms with E-state index in [1.807, 2.05) is 0 Å². The first kappa shape index (κ1) is 17.7. The molecule has 0 bridgehead atoms. The highest BCUT2D eigenvalue weighted by Crippen LogP contribution is 2.57. The summed E-state index contributed by atoms with van der Waals surface area (Å²) in [7, 11) is 0. The zero-order valence-electron chi connectivity index (χ0n) is 11.0. The first-order chi connectivity index (χ1) is 8.64. The first-order valence-corrected chi connectivity index (χ1v) is 6.47. The smallest absolute Gasteiger partial charge is 0.358 e. The van der Waals surface area contributed by atoms with Gasteiger partial charge < -0.3 is 5.11 Å². The van der Waals surface area contributed by atoms with E-state index in [9.17, 15) is 27.5 Å². The van der Waals surface area contributed by atoms with Gasteiger partial charge in [-0.3, -0.25) is 4.79 Å². The number of carbonyl (C=O) groups excluding carboxylic acids is 1. The Morgan fingerprint density at radius 3 is 1.95 bits per heavy atom. The summed E-state index contributed by atoms with van der Waals surface area (Å²) >= 11 is 9.33. The molecule has 0 unspecified atom stereocenters. The fourth-order valence-corrected chi connectivity index (χ4v) is 3.35. The van der Waals surface area contributed by atoms with E-state index in [1.165, 1.54) is 13.8 Å². The number of hydrogen-bond donors (Lipinski definition) is 1. The summed E-state index contributed by atoms with van der Waals surface area (Å²) in [5.74, 6) is -3.19. The molecule has 0 saturated heterocycles. The lowest BCUT2D eigenvalue weighted by atomic mass is 9.62. The molecule has 1 atom stereocenters. The number of carbonyl (C=O) groups is 1. The van der Waals surface area contributed by atoms with E-state index in [4.69, 9.17) is 0 Å². The third-order valence-electron chi connectivity index (χ3n) is 3.47.